The van der Waals surface area contributed by atoms with Crippen molar-refractivity contribution in [3.8, 4) is 0 Å². The number of nitrogens with one attached hydrogen (secondary N) is 1. The Labute approximate surface area is 187 Å². The molecule has 32 heavy (non-hydrogen) atoms. The molecule has 3 rings (SSSR count). The summed E-state index contributed by atoms with van der Waals surface area (Å²) in [6.07, 6.45) is 0. The van der Waals surface area contributed by atoms with Gasteiger partial charge in [0, 0.05) is 0 Å². The molecule has 1 saturated heterocycles. The Bertz CT molecular complexity index is 1190. The number of nitrogens with zero attached hydrogens (tertiary/aromatic N) is 1. The van der Waals surface area contributed by atoms with Crippen LogP contribution in [0, 0.1) is 0 Å². The predicted octanol–water partition coefficient (Wildman–Crippen LogP) is -0.322. The SMILES string of the molecule is CCS(=O)(=O)OC1=C(C(=O)O)N2C(=O)C(NC(=O)C(c3ccccc3)S(=O)(=O)O)[C@@H]2SC1. The summed E-state index contributed by atoms with van der Waals surface area (Å²) in [6.45, 7) is 1.30. The Hall–Kier alpha value is -2.62. The molecule has 2 heterocycles. The Balaban J connectivity index is 1.85. The molecule has 3 atom stereocenters. The number of β-lactam (4-membered cyclic amide) rings is 1. The molecule has 1 aromatic carbocycles. The molecular formula is C17H18N2O10S3. The lowest BCUT2D eigenvalue weighted by Gasteiger charge is -2.49. The largest absolute Gasteiger partial charge is 0.476 e. The number of hydrogen-bond donors (Lipinski definition) is 3. The molecule has 0 aliphatic carbocycles. The fraction of sp³-hybridized carbons (Fsp3) is 0.353. The number of benzene rings is 1. The molecule has 0 spiro atoms. The lowest BCUT2D eigenvalue weighted by molar-refractivity contribution is -0.151. The molecule has 1 fully saturated rings. The average molecular weight is 507 g/mol. The van der Waals surface area contributed by atoms with E-state index in [2.05, 4.69) is 5.32 Å². The van der Waals surface area contributed by atoms with Crippen LogP contribution in [0.2, 0.25) is 0 Å². The number of carbonyl (C=O) groups is 3. The van der Waals surface area contributed by atoms with E-state index in [1.165, 1.54) is 31.2 Å². The molecule has 3 N–H and O–H groups in total. The summed E-state index contributed by atoms with van der Waals surface area (Å²) in [5.41, 5.74) is -0.699. The van der Waals surface area contributed by atoms with Gasteiger partial charge in [0.2, 0.25) is 5.91 Å². The number of carboxylic acid groups (broad SMARTS) is 1. The zero-order valence-electron chi connectivity index (χ0n) is 16.4. The van der Waals surface area contributed by atoms with Crippen LogP contribution in [0.1, 0.15) is 17.7 Å². The minimum Gasteiger partial charge on any atom is -0.476 e. The number of fused-ring (bicyclic) bond motifs is 1. The summed E-state index contributed by atoms with van der Waals surface area (Å²) in [6, 6.07) is 5.83. The van der Waals surface area contributed by atoms with Crippen molar-refractivity contribution in [2.24, 2.45) is 0 Å². The number of thioether (sulfide) groups is 1. The normalized spacial score (nSPS) is 21.9. The van der Waals surface area contributed by atoms with Crippen molar-refractivity contribution in [1.82, 2.24) is 10.2 Å². The summed E-state index contributed by atoms with van der Waals surface area (Å²) in [5, 5.41) is 8.80. The molecule has 1 aromatic rings. The van der Waals surface area contributed by atoms with Gasteiger partial charge < -0.3 is 14.6 Å². The van der Waals surface area contributed by atoms with E-state index in [1.54, 1.807) is 6.07 Å². The summed E-state index contributed by atoms with van der Waals surface area (Å²) >= 11 is 0.930. The predicted molar refractivity (Wildman–Crippen MR) is 111 cm³/mol. The van der Waals surface area contributed by atoms with E-state index in [9.17, 15) is 40.9 Å². The quantitative estimate of drug-likeness (QED) is 0.238. The smallest absolute Gasteiger partial charge is 0.356 e. The van der Waals surface area contributed by atoms with Crippen molar-refractivity contribution < 1.29 is 45.1 Å². The second-order valence-electron chi connectivity index (χ2n) is 6.71. The third-order valence-electron chi connectivity index (χ3n) is 4.65. The van der Waals surface area contributed by atoms with Crippen molar-refractivity contribution in [3.05, 3.63) is 47.4 Å². The van der Waals surface area contributed by atoms with Gasteiger partial charge in [0.15, 0.2) is 16.7 Å². The van der Waals surface area contributed by atoms with Crippen LogP contribution >= 0.6 is 11.8 Å². The van der Waals surface area contributed by atoms with E-state index >= 15 is 0 Å². The van der Waals surface area contributed by atoms with Crippen LogP contribution in [0.15, 0.2) is 41.8 Å². The summed E-state index contributed by atoms with van der Waals surface area (Å²) in [4.78, 5) is 37.7. The van der Waals surface area contributed by atoms with E-state index in [0.717, 1.165) is 16.7 Å². The Morgan fingerprint density at radius 2 is 1.88 bits per heavy atom. The molecule has 15 heteroatoms. The van der Waals surface area contributed by atoms with Crippen molar-refractivity contribution >= 4 is 49.8 Å². The molecule has 0 aromatic heterocycles. The zero-order chi connectivity index (χ0) is 23.8. The molecule has 174 valence electrons. The lowest BCUT2D eigenvalue weighted by atomic mass is 10.0. The maximum absolute atomic E-state index is 12.7. The number of carboxylic acids is 1. The fourth-order valence-corrected chi connectivity index (χ4v) is 5.91. The van der Waals surface area contributed by atoms with Gasteiger partial charge in [-0.15, -0.1) is 11.8 Å². The topological polar surface area (TPSA) is 184 Å². The van der Waals surface area contributed by atoms with Gasteiger partial charge >= 0.3 is 16.1 Å². The van der Waals surface area contributed by atoms with Crippen LogP contribution in [0.4, 0.5) is 0 Å². The van der Waals surface area contributed by atoms with Crippen molar-refractivity contribution in [2.45, 2.75) is 23.6 Å². The van der Waals surface area contributed by atoms with Gasteiger partial charge in [-0.05, 0) is 12.5 Å². The maximum Gasteiger partial charge on any atom is 0.356 e. The number of hydrogen-bond acceptors (Lipinski definition) is 9. The average Bonchev–Trinajstić information content (AvgIpc) is 2.71. The first-order valence-corrected chi connectivity index (χ1v) is 13.1. The van der Waals surface area contributed by atoms with E-state index in [0.29, 0.717) is 0 Å². The first-order valence-electron chi connectivity index (χ1n) is 9.02. The monoisotopic (exact) mass is 506 g/mol. The van der Waals surface area contributed by atoms with E-state index < -0.39 is 71.9 Å². The standard InChI is InChI=1S/C17H18N2O10S3/c1-2-31(24,25)29-10-8-30-16-11(15(21)19(16)12(10)17(22)23)18-14(20)13(32(26,27)28)9-6-4-3-5-7-9/h3-7,11,13,16H,2,8H2,1H3,(H,18,20)(H,22,23)(H,26,27,28)/t11?,13?,16-/m0/s1. The number of carbonyl (C=O) groups excluding carboxylic acids is 2. The fourth-order valence-electron chi connectivity index (χ4n) is 3.18. The van der Waals surface area contributed by atoms with Crippen LogP contribution in [-0.2, 0) is 38.8 Å². The lowest BCUT2D eigenvalue weighted by Crippen LogP contribution is -2.71. The molecule has 0 saturated carbocycles. The summed E-state index contributed by atoms with van der Waals surface area (Å²) < 4.78 is 61.4. The van der Waals surface area contributed by atoms with Crippen LogP contribution in [0.3, 0.4) is 0 Å². The molecule has 2 aliphatic heterocycles. The van der Waals surface area contributed by atoms with Crippen molar-refractivity contribution in [2.75, 3.05) is 11.5 Å². The Morgan fingerprint density at radius 1 is 1.25 bits per heavy atom. The van der Waals surface area contributed by atoms with E-state index in [-0.39, 0.29) is 11.3 Å². The van der Waals surface area contributed by atoms with Gasteiger partial charge in [0.1, 0.15) is 11.4 Å². The van der Waals surface area contributed by atoms with Crippen molar-refractivity contribution in [1.29, 1.82) is 0 Å². The molecule has 0 bridgehead atoms. The summed E-state index contributed by atoms with van der Waals surface area (Å²) in [5.74, 6) is -4.74. The Morgan fingerprint density at radius 3 is 2.41 bits per heavy atom. The van der Waals surface area contributed by atoms with Crippen molar-refractivity contribution in [3.63, 3.8) is 0 Å². The van der Waals surface area contributed by atoms with Gasteiger partial charge in [-0.1, -0.05) is 30.3 Å². The van der Waals surface area contributed by atoms with Gasteiger partial charge in [-0.3, -0.25) is 19.0 Å². The molecular weight excluding hydrogens is 488 g/mol. The Kier molecular flexibility index (Phi) is 6.55. The minimum atomic E-state index is -4.88. The third-order valence-corrected chi connectivity index (χ3v) is 8.15. The van der Waals surface area contributed by atoms with E-state index in [4.69, 9.17) is 4.18 Å². The zero-order valence-corrected chi connectivity index (χ0v) is 18.8. The molecule has 0 radical (unpaired) electrons. The molecule has 2 unspecified atom stereocenters. The second-order valence-corrected chi connectivity index (χ2v) is 11.2. The van der Waals surface area contributed by atoms with E-state index in [1.807, 2.05) is 0 Å². The maximum atomic E-state index is 12.7. The minimum absolute atomic E-state index is 0.0287. The first-order chi connectivity index (χ1) is 14.9. The molecule has 2 aliphatic rings. The van der Waals surface area contributed by atoms with Gasteiger partial charge in [0.25, 0.3) is 16.0 Å². The highest BCUT2D eigenvalue weighted by Gasteiger charge is 2.56. The summed E-state index contributed by atoms with van der Waals surface area (Å²) in [7, 11) is -8.93. The highest BCUT2D eigenvalue weighted by molar-refractivity contribution is 8.00. The van der Waals surface area contributed by atoms with Crippen LogP contribution < -0.4 is 5.32 Å². The van der Waals surface area contributed by atoms with Crippen LogP contribution in [0.25, 0.3) is 0 Å². The number of amides is 2. The third kappa shape index (κ3) is 4.60. The van der Waals surface area contributed by atoms with Gasteiger partial charge in [-0.25, -0.2) is 4.79 Å². The number of rotatable bonds is 8. The van der Waals surface area contributed by atoms with Gasteiger partial charge in [-0.2, -0.15) is 16.8 Å². The molecule has 12 nitrogen and oxygen atoms in total. The molecule has 2 amide bonds. The highest BCUT2D eigenvalue weighted by atomic mass is 32.2. The first kappa shape index (κ1) is 24.0. The highest BCUT2D eigenvalue weighted by Crippen LogP contribution is 2.41. The van der Waals surface area contributed by atoms with Gasteiger partial charge in [0.05, 0.1) is 11.5 Å². The second kappa shape index (κ2) is 8.73. The van der Waals surface area contributed by atoms with Crippen LogP contribution in [0.5, 0.6) is 0 Å². The van der Waals surface area contributed by atoms with Crippen LogP contribution in [-0.4, -0.2) is 72.1 Å². The number of aliphatic carboxylic acids is 1.